The number of rotatable bonds is 6. The number of carbonyl (C=O) groups is 3. The zero-order valence-electron chi connectivity index (χ0n) is 15.1. The molecule has 1 N–H and O–H groups in total. The van der Waals surface area contributed by atoms with Crippen LogP contribution >= 0.6 is 27.3 Å². The molecule has 8 heteroatoms. The molecule has 0 saturated carbocycles. The Morgan fingerprint density at radius 3 is 2.52 bits per heavy atom. The molecule has 1 unspecified atom stereocenters. The zero-order chi connectivity index (χ0) is 19.6. The molecule has 0 radical (unpaired) electrons. The number of halogens is 1. The number of hydrogen-bond acceptors (Lipinski definition) is 4. The van der Waals surface area contributed by atoms with Crippen molar-refractivity contribution >= 4 is 45.1 Å². The van der Waals surface area contributed by atoms with Gasteiger partial charge in [0.2, 0.25) is 5.91 Å². The van der Waals surface area contributed by atoms with Crippen molar-refractivity contribution in [1.82, 2.24) is 15.1 Å². The number of amides is 4. The van der Waals surface area contributed by atoms with E-state index in [2.05, 4.69) is 21.2 Å². The number of urea groups is 1. The third kappa shape index (κ3) is 3.77. The Kier molecular flexibility index (Phi) is 5.67. The number of imide groups is 1. The minimum absolute atomic E-state index is 0.276. The molecule has 4 amide bonds. The Morgan fingerprint density at radius 2 is 1.93 bits per heavy atom. The number of thiophene rings is 1. The molecule has 0 aliphatic carbocycles. The van der Waals surface area contributed by atoms with E-state index in [4.69, 9.17) is 0 Å². The highest BCUT2D eigenvalue weighted by atomic mass is 79.9. The molecule has 1 aliphatic rings. The summed E-state index contributed by atoms with van der Waals surface area (Å²) >= 11 is 4.94. The molecule has 0 bridgehead atoms. The van der Waals surface area contributed by atoms with Crippen molar-refractivity contribution in [2.75, 3.05) is 13.6 Å². The molecule has 27 heavy (non-hydrogen) atoms. The first-order chi connectivity index (χ1) is 12.9. The van der Waals surface area contributed by atoms with Crippen molar-refractivity contribution in [1.29, 1.82) is 0 Å². The number of hydrogen-bond donors (Lipinski definition) is 1. The average molecular weight is 450 g/mol. The monoisotopic (exact) mass is 449 g/mol. The lowest BCUT2D eigenvalue weighted by Crippen LogP contribution is -2.45. The summed E-state index contributed by atoms with van der Waals surface area (Å²) in [5.74, 6) is -0.676. The summed E-state index contributed by atoms with van der Waals surface area (Å²) in [6.07, 6.45) is 0.408. The Labute approximate surface area is 170 Å². The van der Waals surface area contributed by atoms with Crippen LogP contribution in [0.3, 0.4) is 0 Å². The van der Waals surface area contributed by atoms with E-state index in [1.165, 1.54) is 4.90 Å². The van der Waals surface area contributed by atoms with Crippen LogP contribution in [0.25, 0.3) is 0 Å². The molecule has 1 aromatic heterocycles. The highest BCUT2D eigenvalue weighted by molar-refractivity contribution is 9.11. The van der Waals surface area contributed by atoms with Crippen LogP contribution in [-0.2, 0) is 21.7 Å². The Bertz CT molecular complexity index is 870. The second kappa shape index (κ2) is 7.82. The van der Waals surface area contributed by atoms with Gasteiger partial charge in [-0.3, -0.25) is 14.5 Å². The number of nitrogens with zero attached hydrogens (tertiary/aromatic N) is 2. The lowest BCUT2D eigenvalue weighted by molar-refractivity contribution is -0.138. The van der Waals surface area contributed by atoms with Crippen LogP contribution in [0.1, 0.15) is 23.8 Å². The van der Waals surface area contributed by atoms with E-state index in [9.17, 15) is 14.4 Å². The second-order valence-corrected chi connectivity index (χ2v) is 8.95. The van der Waals surface area contributed by atoms with E-state index in [0.29, 0.717) is 13.0 Å². The van der Waals surface area contributed by atoms with Gasteiger partial charge in [-0.1, -0.05) is 37.3 Å². The summed E-state index contributed by atoms with van der Waals surface area (Å²) < 4.78 is 0.989. The molecule has 0 spiro atoms. The SMILES string of the molecule is CCC1(c2ccccc2)NC(=O)N(CC(=O)N(C)Cc2ccc(Br)s2)C1=O. The van der Waals surface area contributed by atoms with Crippen molar-refractivity contribution in [3.63, 3.8) is 0 Å². The van der Waals surface area contributed by atoms with Gasteiger partial charge >= 0.3 is 6.03 Å². The maximum Gasteiger partial charge on any atom is 0.325 e. The normalized spacial score (nSPS) is 19.3. The topological polar surface area (TPSA) is 69.7 Å². The Balaban J connectivity index is 1.74. The summed E-state index contributed by atoms with van der Waals surface area (Å²) in [6, 6.07) is 12.5. The van der Waals surface area contributed by atoms with E-state index >= 15 is 0 Å². The maximum atomic E-state index is 13.1. The molecule has 1 aliphatic heterocycles. The molecular weight excluding hydrogens is 430 g/mol. The molecular formula is C19H20BrN3O3S. The minimum Gasteiger partial charge on any atom is -0.339 e. The van der Waals surface area contributed by atoms with Gasteiger partial charge in [-0.25, -0.2) is 4.79 Å². The van der Waals surface area contributed by atoms with Gasteiger partial charge in [0, 0.05) is 11.9 Å². The van der Waals surface area contributed by atoms with Crippen molar-refractivity contribution in [3.05, 3.63) is 56.7 Å². The van der Waals surface area contributed by atoms with Crippen LogP contribution in [0, 0.1) is 0 Å². The van der Waals surface area contributed by atoms with E-state index in [1.807, 2.05) is 49.4 Å². The Hall–Kier alpha value is -2.19. The van der Waals surface area contributed by atoms with Crippen LogP contribution < -0.4 is 5.32 Å². The van der Waals surface area contributed by atoms with Crippen LogP contribution in [0.15, 0.2) is 46.3 Å². The minimum atomic E-state index is -1.12. The molecule has 1 aromatic carbocycles. The van der Waals surface area contributed by atoms with Gasteiger partial charge in [0.05, 0.1) is 10.3 Å². The fraction of sp³-hybridized carbons (Fsp3) is 0.316. The zero-order valence-corrected chi connectivity index (χ0v) is 17.5. The van der Waals surface area contributed by atoms with Gasteiger partial charge in [-0.15, -0.1) is 11.3 Å². The summed E-state index contributed by atoms with van der Waals surface area (Å²) in [5, 5.41) is 2.79. The molecule has 2 heterocycles. The fourth-order valence-electron chi connectivity index (χ4n) is 3.15. The van der Waals surface area contributed by atoms with Crippen molar-refractivity contribution in [2.45, 2.75) is 25.4 Å². The molecule has 6 nitrogen and oxygen atoms in total. The predicted molar refractivity (Wildman–Crippen MR) is 107 cm³/mol. The van der Waals surface area contributed by atoms with Gasteiger partial charge in [-0.05, 0) is 40.0 Å². The standard InChI is InChI=1S/C19H20BrN3O3S/c1-3-19(13-7-5-4-6-8-13)17(25)23(18(26)21-19)12-16(24)22(2)11-14-9-10-15(20)27-14/h4-10H,3,11-12H2,1-2H3,(H,21,26). The first-order valence-corrected chi connectivity index (χ1v) is 10.2. The summed E-state index contributed by atoms with van der Waals surface area (Å²) in [5.41, 5.74) is -0.395. The fourth-order valence-corrected chi connectivity index (χ4v) is 4.68. The second-order valence-electron chi connectivity index (χ2n) is 6.40. The summed E-state index contributed by atoms with van der Waals surface area (Å²) in [4.78, 5) is 41.7. The van der Waals surface area contributed by atoms with Crippen LogP contribution in [0.4, 0.5) is 4.79 Å². The van der Waals surface area contributed by atoms with Crippen LogP contribution in [0.2, 0.25) is 0 Å². The lowest BCUT2D eigenvalue weighted by Gasteiger charge is -2.26. The highest BCUT2D eigenvalue weighted by Gasteiger charge is 2.51. The van der Waals surface area contributed by atoms with Gasteiger partial charge in [0.15, 0.2) is 0 Å². The molecule has 1 fully saturated rings. The van der Waals surface area contributed by atoms with Gasteiger partial charge in [-0.2, -0.15) is 0 Å². The molecule has 1 saturated heterocycles. The predicted octanol–water partition coefficient (Wildman–Crippen LogP) is 3.33. The molecule has 142 valence electrons. The largest absolute Gasteiger partial charge is 0.339 e. The maximum absolute atomic E-state index is 13.1. The van der Waals surface area contributed by atoms with Gasteiger partial charge in [0.1, 0.15) is 12.1 Å². The lowest BCUT2D eigenvalue weighted by atomic mass is 9.87. The highest BCUT2D eigenvalue weighted by Crippen LogP contribution is 2.32. The summed E-state index contributed by atoms with van der Waals surface area (Å²) in [7, 11) is 1.67. The smallest absolute Gasteiger partial charge is 0.325 e. The first kappa shape index (κ1) is 19.6. The third-order valence-electron chi connectivity index (χ3n) is 4.71. The van der Waals surface area contributed by atoms with Crippen molar-refractivity contribution in [3.8, 4) is 0 Å². The van der Waals surface area contributed by atoms with Crippen LogP contribution in [0.5, 0.6) is 0 Å². The van der Waals surface area contributed by atoms with Crippen LogP contribution in [-0.4, -0.2) is 41.2 Å². The number of nitrogens with one attached hydrogen (secondary N) is 1. The van der Waals surface area contributed by atoms with Gasteiger partial charge in [0.25, 0.3) is 5.91 Å². The van der Waals surface area contributed by atoms with E-state index in [0.717, 1.165) is 19.1 Å². The van der Waals surface area contributed by atoms with Gasteiger partial charge < -0.3 is 10.2 Å². The quantitative estimate of drug-likeness (QED) is 0.687. The van der Waals surface area contributed by atoms with E-state index < -0.39 is 11.6 Å². The Morgan fingerprint density at radius 1 is 1.22 bits per heavy atom. The van der Waals surface area contributed by atoms with Crippen molar-refractivity contribution in [2.24, 2.45) is 0 Å². The number of benzene rings is 1. The molecule has 2 aromatic rings. The van der Waals surface area contributed by atoms with Crippen molar-refractivity contribution < 1.29 is 14.4 Å². The average Bonchev–Trinajstić information content (AvgIpc) is 3.18. The van der Waals surface area contributed by atoms with E-state index in [1.54, 1.807) is 18.4 Å². The number of likely N-dealkylation sites (N-methyl/N-ethyl adjacent to an activating group) is 1. The third-order valence-corrected chi connectivity index (χ3v) is 6.32. The number of carbonyl (C=O) groups excluding carboxylic acids is 3. The molecule has 3 rings (SSSR count). The molecule has 1 atom stereocenters. The van der Waals surface area contributed by atoms with E-state index in [-0.39, 0.29) is 18.4 Å². The summed E-state index contributed by atoms with van der Waals surface area (Å²) in [6.45, 7) is 2.00. The first-order valence-electron chi connectivity index (χ1n) is 8.55.